The first-order valence-corrected chi connectivity index (χ1v) is 15.1. The number of carbonyl (C=O) groups is 1. The van der Waals surface area contributed by atoms with Gasteiger partial charge in [0.25, 0.3) is 5.92 Å². The van der Waals surface area contributed by atoms with Crippen molar-refractivity contribution in [1.29, 1.82) is 0 Å². The van der Waals surface area contributed by atoms with Gasteiger partial charge in [0.1, 0.15) is 36.4 Å². The van der Waals surface area contributed by atoms with Crippen LogP contribution in [0.15, 0.2) is 48.9 Å². The molecule has 0 spiro atoms. The average Bonchev–Trinajstić information content (AvgIpc) is 3.33. The molecule has 10 nitrogen and oxygen atoms in total. The highest BCUT2D eigenvalue weighted by molar-refractivity contribution is 7.59. The molecule has 1 aromatic carbocycles. The molecule has 2 aliphatic heterocycles. The van der Waals surface area contributed by atoms with Gasteiger partial charge in [-0.2, -0.15) is 37.0 Å². The maximum absolute atomic E-state index is 16.6. The molecule has 2 aliphatic rings. The van der Waals surface area contributed by atoms with Crippen molar-refractivity contribution in [3.63, 3.8) is 0 Å². The number of likely N-dealkylation sites (N-methyl/N-ethyl adjacent to an activating group) is 1. The number of anilines is 1. The van der Waals surface area contributed by atoms with Gasteiger partial charge in [0.2, 0.25) is 12.5 Å². The highest BCUT2D eigenvalue weighted by Crippen LogP contribution is 2.36. The van der Waals surface area contributed by atoms with Gasteiger partial charge < -0.3 is 19.4 Å². The number of hydrogen-bond acceptors (Lipinski definition) is 8. The summed E-state index contributed by atoms with van der Waals surface area (Å²) < 4.78 is 63.4. The van der Waals surface area contributed by atoms with Crippen LogP contribution in [0.1, 0.15) is 19.4 Å². The highest BCUT2D eigenvalue weighted by atomic mass is 32.1. The summed E-state index contributed by atoms with van der Waals surface area (Å²) in [4.78, 5) is 38.9. The number of benzene rings is 1. The molecule has 50 heavy (non-hydrogen) atoms. The van der Waals surface area contributed by atoms with E-state index in [0.29, 0.717) is 5.56 Å². The van der Waals surface area contributed by atoms with Gasteiger partial charge >= 0.3 is 6.01 Å². The monoisotopic (exact) mass is 732 g/mol. The van der Waals surface area contributed by atoms with Crippen molar-refractivity contribution in [2.45, 2.75) is 38.8 Å². The number of carbonyl (C=O) groups excluding carboxylic acids is 1. The number of piperazine rings is 1. The molecule has 268 valence electrons. The van der Waals surface area contributed by atoms with Gasteiger partial charge in [-0.25, -0.2) is 24.1 Å². The summed E-state index contributed by atoms with van der Waals surface area (Å²) in [5, 5.41) is 1.87. The van der Waals surface area contributed by atoms with E-state index in [9.17, 15) is 18.0 Å². The highest BCUT2D eigenvalue weighted by Gasteiger charge is 2.43. The van der Waals surface area contributed by atoms with E-state index >= 15 is 4.39 Å². The Labute approximate surface area is 302 Å². The molecule has 16 heteroatoms. The number of hydrogen-bond donors (Lipinski definition) is 0. The van der Waals surface area contributed by atoms with Crippen LogP contribution in [0.2, 0.25) is 0 Å². The number of halogens is 4. The molecule has 0 N–H and O–H groups in total. The maximum Gasteiger partial charge on any atom is 0.319 e. The molecule has 0 bridgehead atoms. The van der Waals surface area contributed by atoms with Gasteiger partial charge in [-0.3, -0.25) is 19.7 Å². The van der Waals surface area contributed by atoms with Crippen LogP contribution < -0.4 is 9.64 Å². The van der Waals surface area contributed by atoms with Crippen molar-refractivity contribution in [3.05, 3.63) is 71.7 Å². The fraction of sp³-hybridized carbons (Fsp3) is 0.412. The second-order valence-corrected chi connectivity index (χ2v) is 11.8. The molecular formula is C34H40F4N8O2S2. The quantitative estimate of drug-likeness (QED) is 0.129. The summed E-state index contributed by atoms with van der Waals surface area (Å²) in [6.07, 6.45) is 6.57. The fourth-order valence-corrected chi connectivity index (χ4v) is 6.37. The average molecular weight is 733 g/mol. The first kappa shape index (κ1) is 40.2. The van der Waals surface area contributed by atoms with Crippen LogP contribution in [0.4, 0.5) is 23.4 Å². The Kier molecular flexibility index (Phi) is 13.4. The van der Waals surface area contributed by atoms with Crippen molar-refractivity contribution in [2.24, 2.45) is 0 Å². The predicted octanol–water partition coefficient (Wildman–Crippen LogP) is 5.73. The van der Waals surface area contributed by atoms with Gasteiger partial charge in [-0.15, -0.1) is 0 Å². The number of pyridine rings is 2. The number of fused-ring (bicyclic) bond motifs is 2. The third kappa shape index (κ3) is 8.06. The smallest absolute Gasteiger partial charge is 0.319 e. The second kappa shape index (κ2) is 16.7. The lowest BCUT2D eigenvalue weighted by molar-refractivity contribution is -0.128. The Morgan fingerprint density at radius 2 is 1.94 bits per heavy atom. The molecule has 0 unspecified atom stereocenters. The van der Waals surface area contributed by atoms with Gasteiger partial charge in [0.05, 0.1) is 11.9 Å². The Bertz CT molecular complexity index is 1910. The Hall–Kier alpha value is -4.20. The Morgan fingerprint density at radius 3 is 2.64 bits per heavy atom. The summed E-state index contributed by atoms with van der Waals surface area (Å²) in [5.74, 6) is -3.74. The van der Waals surface area contributed by atoms with E-state index in [1.165, 1.54) is 16.0 Å². The molecule has 5 heterocycles. The van der Waals surface area contributed by atoms with E-state index in [1.54, 1.807) is 24.3 Å². The van der Waals surface area contributed by atoms with E-state index in [-0.39, 0.29) is 95.6 Å². The summed E-state index contributed by atoms with van der Waals surface area (Å²) in [6, 6.07) is 4.31. The van der Waals surface area contributed by atoms with Crippen molar-refractivity contribution in [1.82, 2.24) is 29.7 Å². The lowest BCUT2D eigenvalue weighted by Gasteiger charge is -2.39. The van der Waals surface area contributed by atoms with E-state index < -0.39 is 49.4 Å². The number of alkyl halides is 3. The number of nitrogens with zero attached hydrogens (tertiary/aromatic N) is 8. The van der Waals surface area contributed by atoms with Gasteiger partial charge in [0.15, 0.2) is 5.82 Å². The van der Waals surface area contributed by atoms with Crippen LogP contribution in [-0.4, -0.2) is 107 Å². The number of ether oxygens (including phenoxy) is 1. The number of rotatable bonds is 8. The molecule has 3 aromatic heterocycles. The molecule has 2 fully saturated rings. The molecule has 0 radical (unpaired) electrons. The second-order valence-electron chi connectivity index (χ2n) is 11.8. The third-order valence-electron chi connectivity index (χ3n) is 8.65. The first-order valence-electron chi connectivity index (χ1n) is 15.1. The zero-order chi connectivity index (χ0) is 33.3. The SMILES string of the molecule is C.S.S.[C-]#[N+]C[C@H]1CN(c2nc(OC[C@@H]3CC(F)(F)CN3C)nc3c(F)c(-c4cncc5cccc(C)c45)ncc23)CCN1C(=O)/C=C/CF. The number of aromatic nitrogens is 4. The molecule has 6 rings (SSSR count). The lowest BCUT2D eigenvalue weighted by Crippen LogP contribution is -2.56. The fourth-order valence-electron chi connectivity index (χ4n) is 6.37. The van der Waals surface area contributed by atoms with Crippen LogP contribution in [0.3, 0.4) is 0 Å². The largest absolute Gasteiger partial charge is 0.462 e. The van der Waals surface area contributed by atoms with Crippen LogP contribution in [0.25, 0.3) is 37.8 Å². The molecular weight excluding hydrogens is 693 g/mol. The van der Waals surface area contributed by atoms with Crippen LogP contribution in [-0.2, 0) is 4.79 Å². The summed E-state index contributed by atoms with van der Waals surface area (Å²) in [5.41, 5.74) is 1.32. The minimum Gasteiger partial charge on any atom is -0.462 e. The van der Waals surface area contributed by atoms with Crippen LogP contribution in [0, 0.1) is 19.3 Å². The lowest BCUT2D eigenvalue weighted by atomic mass is 10.00. The number of allylic oxidation sites excluding steroid dienone is 1. The number of amides is 1. The van der Waals surface area contributed by atoms with Gasteiger partial charge in [-0.05, 0) is 31.0 Å². The van der Waals surface area contributed by atoms with E-state index in [4.69, 9.17) is 11.3 Å². The molecule has 2 saturated heterocycles. The minimum absolute atomic E-state index is 0. The van der Waals surface area contributed by atoms with Crippen molar-refractivity contribution >= 4 is 60.4 Å². The molecule has 1 amide bonds. The minimum atomic E-state index is -2.86. The summed E-state index contributed by atoms with van der Waals surface area (Å²) >= 11 is 0. The van der Waals surface area contributed by atoms with Crippen LogP contribution in [0.5, 0.6) is 6.01 Å². The van der Waals surface area contributed by atoms with Crippen LogP contribution >= 0.6 is 27.0 Å². The Morgan fingerprint density at radius 1 is 1.16 bits per heavy atom. The van der Waals surface area contributed by atoms with Crippen molar-refractivity contribution in [3.8, 4) is 17.3 Å². The number of likely N-dealkylation sites (tertiary alicyclic amines) is 1. The Balaban J connectivity index is 0.00000225. The summed E-state index contributed by atoms with van der Waals surface area (Å²) in [6.45, 7) is 8.61. The molecule has 4 aromatic rings. The van der Waals surface area contributed by atoms with E-state index in [2.05, 4.69) is 24.8 Å². The standard InChI is InChI=1S/C33H32F4N8O2.CH4.2H2S/c1-20-6-4-7-21-13-39-15-24(27(20)21)29-28(35)30-25(16-40-29)31(42-32(41-30)47-18-22-12-33(36,37)19-43(22)3)44-10-11-45(23(17-44)14-38-2)26(46)8-5-9-34;;;/h4-8,13,15-16,22-23H,9-12,14,17-19H2,1,3H3;1H4;2*1H2/b8-5+;;;/t22-,23-;;;/m0.../s1. The zero-order valence-electron chi connectivity index (χ0n) is 26.8. The van der Waals surface area contributed by atoms with Crippen molar-refractivity contribution in [2.75, 3.05) is 58.0 Å². The maximum atomic E-state index is 16.6. The number of aryl methyl sites for hydroxylation is 1. The van der Waals surface area contributed by atoms with Crippen molar-refractivity contribution < 1.29 is 27.1 Å². The van der Waals surface area contributed by atoms with Gasteiger partial charge in [0, 0.05) is 67.7 Å². The summed E-state index contributed by atoms with van der Waals surface area (Å²) in [7, 11) is 1.58. The molecule has 0 saturated carbocycles. The molecule has 0 aliphatic carbocycles. The topological polar surface area (TPSA) is 91.9 Å². The van der Waals surface area contributed by atoms with Gasteiger partial charge in [-0.1, -0.05) is 25.6 Å². The predicted molar refractivity (Wildman–Crippen MR) is 196 cm³/mol. The first-order chi connectivity index (χ1) is 22.6. The molecule has 2 atom stereocenters. The zero-order valence-corrected chi connectivity index (χ0v) is 28.8. The van der Waals surface area contributed by atoms with E-state index in [1.807, 2.05) is 25.1 Å². The third-order valence-corrected chi connectivity index (χ3v) is 8.65. The van der Waals surface area contributed by atoms with E-state index in [0.717, 1.165) is 28.5 Å². The normalized spacial score (nSPS) is 18.7.